The number of hydrogen-bond donors (Lipinski definition) is 2. The van der Waals surface area contributed by atoms with Crippen LogP contribution in [-0.4, -0.2) is 11.2 Å². The van der Waals surface area contributed by atoms with Gasteiger partial charge in [-0.1, -0.05) is 30.3 Å². The lowest BCUT2D eigenvalue weighted by molar-refractivity contribution is 0.143. The Morgan fingerprint density at radius 3 is 2.20 bits per heavy atom. The number of halogens is 3. The highest BCUT2D eigenvalue weighted by Crippen LogP contribution is 2.23. The van der Waals surface area contributed by atoms with Crippen molar-refractivity contribution in [3.05, 3.63) is 71.0 Å². The van der Waals surface area contributed by atoms with E-state index in [-0.39, 0.29) is 12.0 Å². The van der Waals surface area contributed by atoms with E-state index in [1.165, 1.54) is 0 Å². The molecule has 2 rings (SSSR count). The fourth-order valence-electron chi connectivity index (χ4n) is 1.98. The Bertz CT molecular complexity index is 589. The lowest BCUT2D eigenvalue weighted by atomic mass is 9.96. The second-order valence-electron chi connectivity index (χ2n) is 4.57. The third kappa shape index (κ3) is 3.18. The molecule has 20 heavy (non-hydrogen) atoms. The van der Waals surface area contributed by atoms with E-state index in [0.717, 1.165) is 5.56 Å². The van der Waals surface area contributed by atoms with Gasteiger partial charge < -0.3 is 10.8 Å². The summed E-state index contributed by atoms with van der Waals surface area (Å²) in [6.45, 7) is 0. The highest BCUT2D eigenvalue weighted by Gasteiger charge is 2.22. The number of aliphatic hydroxyl groups excluding tert-OH is 1. The van der Waals surface area contributed by atoms with E-state index in [0.29, 0.717) is 12.1 Å². The van der Waals surface area contributed by atoms with E-state index in [9.17, 15) is 18.3 Å². The maximum Gasteiger partial charge on any atom is 0.161 e. The average molecular weight is 281 g/mol. The van der Waals surface area contributed by atoms with Crippen molar-refractivity contribution in [3.8, 4) is 0 Å². The average Bonchev–Trinajstić information content (AvgIpc) is 2.43. The van der Waals surface area contributed by atoms with Gasteiger partial charge in [0.2, 0.25) is 0 Å². The molecule has 0 aliphatic rings. The van der Waals surface area contributed by atoms with Gasteiger partial charge >= 0.3 is 0 Å². The summed E-state index contributed by atoms with van der Waals surface area (Å²) in [7, 11) is 0. The third-order valence-corrected chi connectivity index (χ3v) is 3.10. The minimum atomic E-state index is -1.28. The third-order valence-electron chi connectivity index (χ3n) is 3.10. The number of aliphatic hydroxyl groups is 1. The van der Waals surface area contributed by atoms with Crippen LogP contribution < -0.4 is 5.73 Å². The Morgan fingerprint density at radius 1 is 0.950 bits per heavy atom. The Hall–Kier alpha value is -1.85. The molecule has 2 aromatic carbocycles. The van der Waals surface area contributed by atoms with Gasteiger partial charge in [0.25, 0.3) is 0 Å². The maximum atomic E-state index is 13.6. The Kier molecular flexibility index (Phi) is 4.42. The van der Waals surface area contributed by atoms with Crippen LogP contribution in [0.1, 0.15) is 17.2 Å². The van der Waals surface area contributed by atoms with Crippen molar-refractivity contribution in [3.63, 3.8) is 0 Å². The summed E-state index contributed by atoms with van der Waals surface area (Å²) in [4.78, 5) is 0. The number of nitrogens with two attached hydrogens (primary N) is 1. The molecule has 106 valence electrons. The van der Waals surface area contributed by atoms with Crippen molar-refractivity contribution < 1.29 is 18.3 Å². The van der Waals surface area contributed by atoms with Crippen LogP contribution in [0.25, 0.3) is 0 Å². The molecule has 2 aromatic rings. The number of benzene rings is 2. The van der Waals surface area contributed by atoms with E-state index < -0.39 is 29.6 Å². The number of rotatable bonds is 4. The van der Waals surface area contributed by atoms with Crippen molar-refractivity contribution >= 4 is 0 Å². The molecule has 5 heteroatoms. The topological polar surface area (TPSA) is 46.2 Å². The van der Waals surface area contributed by atoms with E-state index in [4.69, 9.17) is 5.73 Å². The molecule has 3 N–H and O–H groups in total. The predicted octanol–water partition coefficient (Wildman–Crippen LogP) is 2.71. The van der Waals surface area contributed by atoms with Crippen LogP contribution in [0.3, 0.4) is 0 Å². The summed E-state index contributed by atoms with van der Waals surface area (Å²) >= 11 is 0. The summed E-state index contributed by atoms with van der Waals surface area (Å²) in [5, 5.41) is 10.0. The van der Waals surface area contributed by atoms with Gasteiger partial charge in [0.15, 0.2) is 11.6 Å². The fourth-order valence-corrected chi connectivity index (χ4v) is 1.98. The molecule has 0 saturated carbocycles. The van der Waals surface area contributed by atoms with Gasteiger partial charge in [0.05, 0.1) is 12.1 Å². The first-order valence-electron chi connectivity index (χ1n) is 6.11. The summed E-state index contributed by atoms with van der Waals surface area (Å²) in [5.74, 6) is -3.44. The molecule has 0 radical (unpaired) electrons. The largest absolute Gasteiger partial charge is 0.391 e. The van der Waals surface area contributed by atoms with Crippen molar-refractivity contribution in [1.29, 1.82) is 0 Å². The van der Waals surface area contributed by atoms with Crippen LogP contribution in [0.2, 0.25) is 0 Å². The molecule has 0 unspecified atom stereocenters. The molecule has 0 aromatic heterocycles. The smallest absolute Gasteiger partial charge is 0.161 e. The van der Waals surface area contributed by atoms with E-state index in [1.54, 1.807) is 24.3 Å². The highest BCUT2D eigenvalue weighted by molar-refractivity contribution is 5.25. The van der Waals surface area contributed by atoms with Gasteiger partial charge in [-0.05, 0) is 11.6 Å². The lowest BCUT2D eigenvalue weighted by Gasteiger charge is -2.20. The molecule has 2 nitrogen and oxygen atoms in total. The van der Waals surface area contributed by atoms with Crippen molar-refractivity contribution in [1.82, 2.24) is 0 Å². The zero-order valence-corrected chi connectivity index (χ0v) is 10.6. The summed E-state index contributed by atoms with van der Waals surface area (Å²) in [6.07, 6.45) is -0.905. The fraction of sp³-hybridized carbons (Fsp3) is 0.200. The maximum absolute atomic E-state index is 13.6. The van der Waals surface area contributed by atoms with Gasteiger partial charge in [0.1, 0.15) is 5.82 Å². The molecule has 0 amide bonds. The highest BCUT2D eigenvalue weighted by atomic mass is 19.2. The van der Waals surface area contributed by atoms with Crippen LogP contribution in [0.15, 0.2) is 42.5 Å². The van der Waals surface area contributed by atoms with Crippen molar-refractivity contribution in [2.75, 3.05) is 0 Å². The molecule has 0 saturated heterocycles. The van der Waals surface area contributed by atoms with Crippen molar-refractivity contribution in [2.45, 2.75) is 18.6 Å². The van der Waals surface area contributed by atoms with Gasteiger partial charge in [-0.15, -0.1) is 0 Å². The minimum Gasteiger partial charge on any atom is -0.391 e. The summed E-state index contributed by atoms with van der Waals surface area (Å²) < 4.78 is 39.6. The van der Waals surface area contributed by atoms with Crippen LogP contribution in [0.5, 0.6) is 0 Å². The summed E-state index contributed by atoms with van der Waals surface area (Å²) in [6, 6.07) is 8.98. The van der Waals surface area contributed by atoms with E-state index >= 15 is 0 Å². The molecule has 0 aliphatic heterocycles. The molecule has 0 aliphatic carbocycles. The minimum absolute atomic E-state index is 0.195. The van der Waals surface area contributed by atoms with Crippen LogP contribution in [0.4, 0.5) is 13.2 Å². The van der Waals surface area contributed by atoms with Crippen LogP contribution in [-0.2, 0) is 6.42 Å². The molecule has 0 spiro atoms. The molecule has 0 fully saturated rings. The molecule has 0 bridgehead atoms. The second kappa shape index (κ2) is 6.07. The van der Waals surface area contributed by atoms with Gasteiger partial charge in [-0.25, -0.2) is 13.2 Å². The number of hydrogen-bond acceptors (Lipinski definition) is 2. The van der Waals surface area contributed by atoms with Gasteiger partial charge in [-0.2, -0.15) is 0 Å². The zero-order valence-electron chi connectivity index (χ0n) is 10.6. The lowest BCUT2D eigenvalue weighted by Crippen LogP contribution is -2.29. The first-order valence-corrected chi connectivity index (χ1v) is 6.11. The Morgan fingerprint density at radius 2 is 1.55 bits per heavy atom. The molecular formula is C15H14F3NO. The Labute approximate surface area is 114 Å². The monoisotopic (exact) mass is 281 g/mol. The van der Waals surface area contributed by atoms with Crippen LogP contribution in [0, 0.1) is 17.5 Å². The summed E-state index contributed by atoms with van der Waals surface area (Å²) in [5.41, 5.74) is 6.30. The van der Waals surface area contributed by atoms with Crippen LogP contribution >= 0.6 is 0 Å². The molecule has 0 heterocycles. The second-order valence-corrected chi connectivity index (χ2v) is 4.57. The molecule has 2 atom stereocenters. The first-order chi connectivity index (χ1) is 9.49. The first kappa shape index (κ1) is 14.6. The standard InChI is InChI=1S/C15H14F3NO/c16-11-8-13(18)12(17)7-10(11)15(19)14(20)6-9-4-2-1-3-5-9/h1-5,7-8,14-15,20H,6,19H2/t14-,15+/m1/s1. The van der Waals surface area contributed by atoms with Gasteiger partial charge in [0, 0.05) is 18.1 Å². The molecular weight excluding hydrogens is 267 g/mol. The SMILES string of the molecule is N[C@@H](c1cc(F)c(F)cc1F)[C@H](O)Cc1ccccc1. The predicted molar refractivity (Wildman–Crippen MR) is 69.4 cm³/mol. The Balaban J connectivity index is 2.18. The zero-order chi connectivity index (χ0) is 14.7. The normalized spacial score (nSPS) is 14.1. The van der Waals surface area contributed by atoms with E-state index in [1.807, 2.05) is 6.07 Å². The van der Waals surface area contributed by atoms with Crippen molar-refractivity contribution in [2.24, 2.45) is 5.73 Å². The quantitative estimate of drug-likeness (QED) is 0.846. The van der Waals surface area contributed by atoms with Gasteiger partial charge in [-0.3, -0.25) is 0 Å². The van der Waals surface area contributed by atoms with E-state index in [2.05, 4.69) is 0 Å².